The molecule has 116 valence electrons. The number of carbonyl (C=O) groups is 2. The molecule has 1 aromatic rings. The van der Waals surface area contributed by atoms with Crippen molar-refractivity contribution in [3.8, 4) is 5.75 Å². The molecule has 0 bridgehead atoms. The van der Waals surface area contributed by atoms with Crippen LogP contribution in [0.3, 0.4) is 0 Å². The molecule has 0 saturated heterocycles. The first kappa shape index (κ1) is 16.1. The van der Waals surface area contributed by atoms with E-state index in [0.29, 0.717) is 17.3 Å². The first-order chi connectivity index (χ1) is 10.5. The van der Waals surface area contributed by atoms with Crippen LogP contribution in [0, 0.1) is 0 Å². The summed E-state index contributed by atoms with van der Waals surface area (Å²) in [7, 11) is 1.59. The molecule has 1 heterocycles. The van der Waals surface area contributed by atoms with Crippen LogP contribution in [0.5, 0.6) is 5.75 Å². The van der Waals surface area contributed by atoms with Gasteiger partial charge in [0.05, 0.1) is 12.4 Å². The number of hydrogen-bond donors (Lipinski definition) is 1. The quantitative estimate of drug-likeness (QED) is 0.676. The van der Waals surface area contributed by atoms with E-state index < -0.39 is 0 Å². The van der Waals surface area contributed by atoms with Crippen LogP contribution >= 0.6 is 11.8 Å². The third-order valence-corrected chi connectivity index (χ3v) is 3.88. The predicted octanol–water partition coefficient (Wildman–Crippen LogP) is 1.86. The molecule has 1 aliphatic rings. The average molecular weight is 320 g/mol. The number of thioether (sulfide) groups is 1. The number of ether oxygens (including phenoxy) is 1. The number of rotatable bonds is 4. The zero-order chi connectivity index (χ0) is 16.1. The summed E-state index contributed by atoms with van der Waals surface area (Å²) in [6.45, 7) is 2.05. The number of likely N-dealkylation sites (N-methyl/N-ethyl adjacent to an activating group) is 1. The Morgan fingerprint density at radius 3 is 2.86 bits per heavy atom. The normalized spacial score (nSPS) is 16.1. The highest BCUT2D eigenvalue weighted by atomic mass is 32.2. The van der Waals surface area contributed by atoms with Gasteiger partial charge in [-0.15, -0.1) is 0 Å². The molecule has 0 unspecified atom stereocenters. The number of benzene rings is 1. The molecule has 0 fully saturated rings. The molecule has 0 aromatic heterocycles. The van der Waals surface area contributed by atoms with Crippen LogP contribution in [-0.4, -0.2) is 46.5 Å². The van der Waals surface area contributed by atoms with E-state index in [1.807, 2.05) is 0 Å². The number of aliphatic imine (C=N–C) groups is 1. The van der Waals surface area contributed by atoms with E-state index in [2.05, 4.69) is 4.99 Å². The summed E-state index contributed by atoms with van der Waals surface area (Å²) in [5.41, 5.74) is 0.731. The smallest absolute Gasteiger partial charge is 0.316 e. The molecule has 0 radical (unpaired) electrons. The number of hydrogen-bond acceptors (Lipinski definition) is 6. The van der Waals surface area contributed by atoms with Crippen LogP contribution in [0.2, 0.25) is 0 Å². The fraction of sp³-hybridized carbons (Fsp3) is 0.267. The van der Waals surface area contributed by atoms with E-state index in [1.165, 1.54) is 17.0 Å². The van der Waals surface area contributed by atoms with Gasteiger partial charge in [-0.25, -0.2) is 4.99 Å². The monoisotopic (exact) mass is 320 g/mol. The van der Waals surface area contributed by atoms with Crippen molar-refractivity contribution in [2.45, 2.75) is 6.92 Å². The topological polar surface area (TPSA) is 79.2 Å². The number of esters is 1. The van der Waals surface area contributed by atoms with Crippen LogP contribution in [0.15, 0.2) is 35.0 Å². The van der Waals surface area contributed by atoms with Crippen molar-refractivity contribution in [1.82, 2.24) is 4.90 Å². The summed E-state index contributed by atoms with van der Waals surface area (Å²) < 4.78 is 4.84. The SMILES string of the molecule is CCOC(=O)CSC1=NC(=Cc2ccccc2O)C(=O)N1C. The highest BCUT2D eigenvalue weighted by Crippen LogP contribution is 2.25. The number of amidine groups is 1. The number of carbonyl (C=O) groups excluding carboxylic acids is 2. The molecule has 22 heavy (non-hydrogen) atoms. The third kappa shape index (κ3) is 3.67. The van der Waals surface area contributed by atoms with Gasteiger partial charge in [0, 0.05) is 12.6 Å². The molecule has 1 amide bonds. The Hall–Kier alpha value is -2.28. The van der Waals surface area contributed by atoms with Crippen LogP contribution in [-0.2, 0) is 14.3 Å². The molecule has 1 aromatic carbocycles. The molecule has 7 heteroatoms. The Kier molecular flexibility index (Phi) is 5.21. The zero-order valence-corrected chi connectivity index (χ0v) is 13.1. The van der Waals surface area contributed by atoms with Crippen LogP contribution in [0.4, 0.5) is 0 Å². The van der Waals surface area contributed by atoms with E-state index in [1.54, 1.807) is 32.2 Å². The maximum absolute atomic E-state index is 12.1. The second-order valence-corrected chi connectivity index (χ2v) is 5.38. The van der Waals surface area contributed by atoms with Crippen molar-refractivity contribution >= 4 is 34.9 Å². The molecule has 1 N–H and O–H groups in total. The van der Waals surface area contributed by atoms with E-state index in [9.17, 15) is 14.7 Å². The second-order valence-electron chi connectivity index (χ2n) is 4.44. The van der Waals surface area contributed by atoms with Gasteiger partial charge in [0.25, 0.3) is 5.91 Å². The number of phenolic OH excluding ortho intramolecular Hbond substituents is 1. The molecule has 0 saturated carbocycles. The van der Waals surface area contributed by atoms with Gasteiger partial charge in [0.2, 0.25) is 0 Å². The molecule has 0 atom stereocenters. The average Bonchev–Trinajstić information content (AvgIpc) is 2.76. The van der Waals surface area contributed by atoms with Crippen molar-refractivity contribution in [2.75, 3.05) is 19.4 Å². The highest BCUT2D eigenvalue weighted by Gasteiger charge is 2.28. The van der Waals surface area contributed by atoms with Gasteiger partial charge in [-0.1, -0.05) is 30.0 Å². The van der Waals surface area contributed by atoms with Gasteiger partial charge in [0.1, 0.15) is 11.4 Å². The van der Waals surface area contributed by atoms with Crippen molar-refractivity contribution in [3.05, 3.63) is 35.5 Å². The first-order valence-corrected chi connectivity index (χ1v) is 7.66. The van der Waals surface area contributed by atoms with Gasteiger partial charge in [-0.05, 0) is 19.1 Å². The summed E-state index contributed by atoms with van der Waals surface area (Å²) in [6.07, 6.45) is 1.52. The summed E-state index contributed by atoms with van der Waals surface area (Å²) in [5.74, 6) is -0.467. The minimum absolute atomic E-state index is 0.0771. The first-order valence-electron chi connectivity index (χ1n) is 6.67. The molecular formula is C15H16N2O4S. The summed E-state index contributed by atoms with van der Waals surface area (Å²) >= 11 is 1.14. The minimum atomic E-state index is -0.353. The molecule has 6 nitrogen and oxygen atoms in total. The Bertz CT molecular complexity index is 655. The van der Waals surface area contributed by atoms with Gasteiger partial charge in [0.15, 0.2) is 5.17 Å². The highest BCUT2D eigenvalue weighted by molar-refractivity contribution is 8.14. The van der Waals surface area contributed by atoms with Gasteiger partial charge in [-0.2, -0.15) is 0 Å². The fourth-order valence-electron chi connectivity index (χ4n) is 1.79. The molecule has 2 rings (SSSR count). The molecular weight excluding hydrogens is 304 g/mol. The Morgan fingerprint density at radius 2 is 2.18 bits per heavy atom. The van der Waals surface area contributed by atoms with Crippen molar-refractivity contribution in [3.63, 3.8) is 0 Å². The van der Waals surface area contributed by atoms with Crippen LogP contribution in [0.25, 0.3) is 6.08 Å². The maximum Gasteiger partial charge on any atom is 0.316 e. The van der Waals surface area contributed by atoms with E-state index >= 15 is 0 Å². The number of amides is 1. The zero-order valence-electron chi connectivity index (χ0n) is 12.3. The second kappa shape index (κ2) is 7.13. The molecule has 0 aliphatic carbocycles. The number of nitrogens with zero attached hydrogens (tertiary/aromatic N) is 2. The maximum atomic E-state index is 12.1. The van der Waals surface area contributed by atoms with Crippen molar-refractivity contribution in [2.24, 2.45) is 4.99 Å². The summed E-state index contributed by atoms with van der Waals surface area (Å²) in [4.78, 5) is 29.1. The Balaban J connectivity index is 2.15. The lowest BCUT2D eigenvalue weighted by molar-refractivity contribution is -0.139. The van der Waals surface area contributed by atoms with E-state index in [4.69, 9.17) is 4.74 Å². The molecule has 1 aliphatic heterocycles. The van der Waals surface area contributed by atoms with Gasteiger partial charge >= 0.3 is 5.97 Å². The summed E-state index contributed by atoms with van der Waals surface area (Å²) in [5, 5.41) is 10.2. The minimum Gasteiger partial charge on any atom is -0.507 e. The van der Waals surface area contributed by atoms with Crippen molar-refractivity contribution in [1.29, 1.82) is 0 Å². The Morgan fingerprint density at radius 1 is 1.45 bits per heavy atom. The lowest BCUT2D eigenvalue weighted by Crippen LogP contribution is -2.26. The number of para-hydroxylation sites is 1. The standard InChI is InChI=1S/C15H16N2O4S/c1-3-21-13(19)9-22-15-16-11(14(20)17(15)2)8-10-6-4-5-7-12(10)18/h4-8,18H,3,9H2,1-2H3. The molecule has 0 spiro atoms. The predicted molar refractivity (Wildman–Crippen MR) is 85.4 cm³/mol. The van der Waals surface area contributed by atoms with Gasteiger partial charge in [-0.3, -0.25) is 14.5 Å². The fourth-order valence-corrected chi connectivity index (χ4v) is 2.56. The summed E-state index contributed by atoms with van der Waals surface area (Å²) in [6, 6.07) is 6.68. The number of aromatic hydroxyl groups is 1. The van der Waals surface area contributed by atoms with E-state index in [-0.39, 0.29) is 29.1 Å². The van der Waals surface area contributed by atoms with Crippen LogP contribution < -0.4 is 0 Å². The van der Waals surface area contributed by atoms with Crippen molar-refractivity contribution < 1.29 is 19.4 Å². The largest absolute Gasteiger partial charge is 0.507 e. The van der Waals surface area contributed by atoms with Gasteiger partial charge < -0.3 is 9.84 Å². The van der Waals surface area contributed by atoms with E-state index in [0.717, 1.165) is 11.8 Å². The number of phenols is 1. The van der Waals surface area contributed by atoms with Crippen LogP contribution in [0.1, 0.15) is 12.5 Å². The lowest BCUT2D eigenvalue weighted by atomic mass is 10.1. The Labute approximate surface area is 132 Å². The third-order valence-electron chi connectivity index (χ3n) is 2.88. The lowest BCUT2D eigenvalue weighted by Gasteiger charge is -2.10.